The lowest BCUT2D eigenvalue weighted by Crippen LogP contribution is -2.01. The second-order valence-corrected chi connectivity index (χ2v) is 5.25. The first-order valence-corrected chi connectivity index (χ1v) is 7.15. The minimum absolute atomic E-state index is 0.0382. The molecule has 0 spiro atoms. The van der Waals surface area contributed by atoms with Crippen molar-refractivity contribution in [2.45, 2.75) is 19.3 Å². The number of rotatable bonds is 3. The Balaban J connectivity index is 2.36. The highest BCUT2D eigenvalue weighted by molar-refractivity contribution is 5.93. The number of carbonyl (C=O) groups is 1. The van der Waals surface area contributed by atoms with Crippen molar-refractivity contribution in [3.8, 4) is 0 Å². The first kappa shape index (κ1) is 13.5. The maximum absolute atomic E-state index is 12.6. The molecule has 1 unspecified atom stereocenters. The van der Waals surface area contributed by atoms with Crippen molar-refractivity contribution >= 4 is 27.8 Å². The van der Waals surface area contributed by atoms with E-state index in [2.05, 4.69) is 0 Å². The SMILES string of the molecule is CCC(C=O)c1ccc2c(=O)c3ccccc3ccc2c1. The summed E-state index contributed by atoms with van der Waals surface area (Å²) in [7, 11) is 0. The van der Waals surface area contributed by atoms with E-state index in [0.29, 0.717) is 5.39 Å². The molecule has 0 saturated heterocycles. The molecule has 0 aliphatic rings. The number of hydrogen-bond acceptors (Lipinski definition) is 2. The van der Waals surface area contributed by atoms with Crippen LogP contribution in [0.2, 0.25) is 0 Å². The van der Waals surface area contributed by atoms with Crippen LogP contribution in [0.25, 0.3) is 21.5 Å². The van der Waals surface area contributed by atoms with Gasteiger partial charge in [0.1, 0.15) is 6.29 Å². The van der Waals surface area contributed by atoms with Crippen LogP contribution in [0.15, 0.2) is 59.4 Å². The molecule has 2 nitrogen and oxygen atoms in total. The summed E-state index contributed by atoms with van der Waals surface area (Å²) < 4.78 is 0. The highest BCUT2D eigenvalue weighted by atomic mass is 16.1. The van der Waals surface area contributed by atoms with Crippen LogP contribution in [-0.2, 0) is 4.79 Å². The van der Waals surface area contributed by atoms with Crippen molar-refractivity contribution in [1.82, 2.24) is 0 Å². The molecular formula is C19H16O2. The van der Waals surface area contributed by atoms with E-state index in [-0.39, 0.29) is 11.3 Å². The van der Waals surface area contributed by atoms with Crippen LogP contribution in [0, 0.1) is 0 Å². The lowest BCUT2D eigenvalue weighted by atomic mass is 9.96. The second-order valence-electron chi connectivity index (χ2n) is 5.25. The topological polar surface area (TPSA) is 34.1 Å². The fraction of sp³-hybridized carbons (Fsp3) is 0.158. The van der Waals surface area contributed by atoms with Gasteiger partial charge in [-0.3, -0.25) is 4.79 Å². The van der Waals surface area contributed by atoms with Crippen LogP contribution in [0.5, 0.6) is 0 Å². The van der Waals surface area contributed by atoms with Crippen LogP contribution in [0.1, 0.15) is 24.8 Å². The van der Waals surface area contributed by atoms with E-state index in [1.165, 1.54) is 0 Å². The van der Waals surface area contributed by atoms with Gasteiger partial charge in [-0.1, -0.05) is 61.5 Å². The Hall–Kier alpha value is -2.48. The van der Waals surface area contributed by atoms with Gasteiger partial charge in [0.25, 0.3) is 0 Å². The minimum atomic E-state index is -0.107. The van der Waals surface area contributed by atoms with E-state index in [1.54, 1.807) is 0 Å². The molecule has 0 amide bonds. The Morgan fingerprint density at radius 2 is 1.67 bits per heavy atom. The molecule has 0 fully saturated rings. The molecule has 21 heavy (non-hydrogen) atoms. The van der Waals surface area contributed by atoms with E-state index in [0.717, 1.165) is 34.4 Å². The first-order valence-electron chi connectivity index (χ1n) is 7.15. The molecule has 1 atom stereocenters. The monoisotopic (exact) mass is 276 g/mol. The molecule has 0 heterocycles. The second kappa shape index (κ2) is 5.49. The molecule has 3 rings (SSSR count). The van der Waals surface area contributed by atoms with Gasteiger partial charge in [-0.2, -0.15) is 0 Å². The molecule has 0 aromatic heterocycles. The summed E-state index contributed by atoms with van der Waals surface area (Å²) in [6.45, 7) is 1.99. The van der Waals surface area contributed by atoms with Gasteiger partial charge < -0.3 is 4.79 Å². The molecule has 0 radical (unpaired) electrons. The summed E-state index contributed by atoms with van der Waals surface area (Å²) in [5.74, 6) is -0.107. The Morgan fingerprint density at radius 1 is 0.952 bits per heavy atom. The quantitative estimate of drug-likeness (QED) is 0.676. The van der Waals surface area contributed by atoms with E-state index in [1.807, 2.05) is 61.5 Å². The molecule has 0 N–H and O–H groups in total. The Kier molecular flexibility index (Phi) is 3.53. The van der Waals surface area contributed by atoms with Crippen LogP contribution in [0.3, 0.4) is 0 Å². The third kappa shape index (κ3) is 2.33. The largest absolute Gasteiger partial charge is 0.303 e. The molecule has 0 saturated carbocycles. The van der Waals surface area contributed by atoms with Gasteiger partial charge in [-0.05, 0) is 22.8 Å². The van der Waals surface area contributed by atoms with E-state index >= 15 is 0 Å². The fourth-order valence-corrected chi connectivity index (χ4v) is 2.74. The van der Waals surface area contributed by atoms with Crippen molar-refractivity contribution in [3.63, 3.8) is 0 Å². The smallest absolute Gasteiger partial charge is 0.194 e. The minimum Gasteiger partial charge on any atom is -0.303 e. The van der Waals surface area contributed by atoms with Crippen LogP contribution in [0.4, 0.5) is 0 Å². The Morgan fingerprint density at radius 3 is 2.43 bits per heavy atom. The lowest BCUT2D eigenvalue weighted by molar-refractivity contribution is -0.109. The van der Waals surface area contributed by atoms with Crippen LogP contribution >= 0.6 is 0 Å². The molecule has 0 aliphatic carbocycles. The predicted octanol–water partition coefficient (Wildman–Crippen LogP) is 4.05. The first-order chi connectivity index (χ1) is 10.2. The zero-order valence-corrected chi connectivity index (χ0v) is 11.9. The fourth-order valence-electron chi connectivity index (χ4n) is 2.74. The van der Waals surface area contributed by atoms with Crippen molar-refractivity contribution in [2.75, 3.05) is 0 Å². The summed E-state index contributed by atoms with van der Waals surface area (Å²) >= 11 is 0. The molecule has 3 aromatic carbocycles. The number of hydrogen-bond donors (Lipinski definition) is 0. The van der Waals surface area contributed by atoms with Gasteiger partial charge in [0.15, 0.2) is 5.43 Å². The standard InChI is InChI=1S/C19H16O2/c1-2-13(12-20)15-9-10-18-16(11-15)8-7-14-5-3-4-6-17(14)19(18)21/h3-13H,2H2,1H3. The summed E-state index contributed by atoms with van der Waals surface area (Å²) in [6.07, 6.45) is 1.74. The van der Waals surface area contributed by atoms with Crippen molar-refractivity contribution in [3.05, 3.63) is 70.4 Å². The van der Waals surface area contributed by atoms with E-state index in [9.17, 15) is 9.59 Å². The summed E-state index contributed by atoms with van der Waals surface area (Å²) in [5, 5.41) is 3.24. The number of fused-ring (bicyclic) bond motifs is 2. The van der Waals surface area contributed by atoms with Crippen LogP contribution in [-0.4, -0.2) is 6.29 Å². The molecule has 104 valence electrons. The lowest BCUT2D eigenvalue weighted by Gasteiger charge is -2.07. The van der Waals surface area contributed by atoms with E-state index in [4.69, 9.17) is 0 Å². The zero-order valence-electron chi connectivity index (χ0n) is 11.9. The van der Waals surface area contributed by atoms with Gasteiger partial charge in [0.05, 0.1) is 0 Å². The number of carbonyl (C=O) groups excluding carboxylic acids is 1. The third-order valence-electron chi connectivity index (χ3n) is 4.00. The molecular weight excluding hydrogens is 260 g/mol. The van der Waals surface area contributed by atoms with E-state index < -0.39 is 0 Å². The maximum atomic E-state index is 12.6. The number of aldehydes is 1. The van der Waals surface area contributed by atoms with Crippen LogP contribution < -0.4 is 5.43 Å². The highest BCUT2D eigenvalue weighted by Gasteiger charge is 2.09. The van der Waals surface area contributed by atoms with Gasteiger partial charge in [-0.25, -0.2) is 0 Å². The highest BCUT2D eigenvalue weighted by Crippen LogP contribution is 2.22. The van der Waals surface area contributed by atoms with Crippen molar-refractivity contribution in [1.29, 1.82) is 0 Å². The maximum Gasteiger partial charge on any atom is 0.194 e. The zero-order chi connectivity index (χ0) is 14.8. The average molecular weight is 276 g/mol. The summed E-state index contributed by atoms with van der Waals surface area (Å²) in [5.41, 5.74) is 1.01. The van der Waals surface area contributed by atoms with Gasteiger partial charge in [0.2, 0.25) is 0 Å². The third-order valence-corrected chi connectivity index (χ3v) is 4.00. The average Bonchev–Trinajstić information content (AvgIpc) is 2.67. The Bertz CT molecular complexity index is 881. The molecule has 2 heteroatoms. The molecule has 0 bridgehead atoms. The Labute approximate surface area is 123 Å². The van der Waals surface area contributed by atoms with Crippen molar-refractivity contribution in [2.24, 2.45) is 0 Å². The van der Waals surface area contributed by atoms with Gasteiger partial charge in [0, 0.05) is 16.7 Å². The summed E-state index contributed by atoms with van der Waals surface area (Å²) in [4.78, 5) is 23.8. The molecule has 0 aliphatic heterocycles. The molecule has 3 aromatic rings. The van der Waals surface area contributed by atoms with Gasteiger partial charge >= 0.3 is 0 Å². The van der Waals surface area contributed by atoms with Crippen molar-refractivity contribution < 1.29 is 4.79 Å². The number of benzene rings is 2. The normalized spacial score (nSPS) is 12.4. The summed E-state index contributed by atoms with van der Waals surface area (Å²) in [6, 6.07) is 17.2. The van der Waals surface area contributed by atoms with Gasteiger partial charge in [-0.15, -0.1) is 0 Å². The predicted molar refractivity (Wildman–Crippen MR) is 86.8 cm³/mol.